The number of ether oxygens (including phenoxy) is 2. The van der Waals surface area contributed by atoms with Crippen LogP contribution in [0, 0.1) is 11.6 Å². The van der Waals surface area contributed by atoms with Gasteiger partial charge in [-0.3, -0.25) is 0 Å². The number of halogens is 2. The number of aromatic amines is 1. The van der Waals surface area contributed by atoms with E-state index in [-0.39, 0.29) is 6.10 Å². The van der Waals surface area contributed by atoms with Gasteiger partial charge < -0.3 is 19.8 Å². The zero-order valence-electron chi connectivity index (χ0n) is 13.4. The van der Waals surface area contributed by atoms with Crippen molar-refractivity contribution < 1.29 is 18.3 Å². The summed E-state index contributed by atoms with van der Waals surface area (Å²) in [7, 11) is 0. The van der Waals surface area contributed by atoms with E-state index < -0.39 is 11.6 Å². The summed E-state index contributed by atoms with van der Waals surface area (Å²) in [5.41, 5.74) is 1.14. The lowest BCUT2D eigenvalue weighted by molar-refractivity contribution is 0.0254. The summed E-state index contributed by atoms with van der Waals surface area (Å²) >= 11 is 0. The molecule has 1 saturated heterocycles. The first-order chi connectivity index (χ1) is 12.2. The number of nitrogens with one attached hydrogen (secondary N) is 2. The van der Waals surface area contributed by atoms with Crippen LogP contribution in [0.1, 0.15) is 12.8 Å². The van der Waals surface area contributed by atoms with Gasteiger partial charge in [0.15, 0.2) is 11.6 Å². The van der Waals surface area contributed by atoms with E-state index in [4.69, 9.17) is 9.47 Å². The second kappa shape index (κ2) is 6.68. The molecule has 0 atom stereocenters. The quantitative estimate of drug-likeness (QED) is 0.746. The van der Waals surface area contributed by atoms with E-state index in [0.717, 1.165) is 38.2 Å². The summed E-state index contributed by atoms with van der Waals surface area (Å²) in [5.74, 6) is -0.480. The molecular weight excluding hydrogens is 328 g/mol. The van der Waals surface area contributed by atoms with Crippen LogP contribution in [0.15, 0.2) is 36.7 Å². The van der Waals surface area contributed by atoms with Crippen molar-refractivity contribution in [2.75, 3.05) is 18.5 Å². The first-order valence-electron chi connectivity index (χ1n) is 8.12. The highest BCUT2D eigenvalue weighted by Crippen LogP contribution is 2.28. The van der Waals surface area contributed by atoms with Gasteiger partial charge in [-0.05, 0) is 18.2 Å². The molecule has 0 spiro atoms. The van der Waals surface area contributed by atoms with Gasteiger partial charge in [0, 0.05) is 30.5 Å². The monoisotopic (exact) mass is 345 g/mol. The molecule has 2 aromatic heterocycles. The Morgan fingerprint density at radius 2 is 1.96 bits per heavy atom. The minimum atomic E-state index is -0.886. The summed E-state index contributed by atoms with van der Waals surface area (Å²) in [4.78, 5) is 7.23. The Morgan fingerprint density at radius 3 is 2.72 bits per heavy atom. The molecule has 4 rings (SSSR count). The molecule has 1 aliphatic rings. The number of nitrogens with zero attached hydrogens (tertiary/aromatic N) is 1. The third-order valence-electron chi connectivity index (χ3n) is 4.19. The SMILES string of the molecule is Fc1cc2[nH]cc(Nc3ccc(OC4CCOCC4)cn3)c2cc1F. The molecule has 1 fully saturated rings. The van der Waals surface area contributed by atoms with Crippen LogP contribution in [0.2, 0.25) is 0 Å². The number of H-pyrrole nitrogens is 1. The van der Waals surface area contributed by atoms with Crippen LogP contribution in [0.5, 0.6) is 5.75 Å². The lowest BCUT2D eigenvalue weighted by Gasteiger charge is -2.23. The lowest BCUT2D eigenvalue weighted by Crippen LogP contribution is -2.25. The van der Waals surface area contributed by atoms with Gasteiger partial charge in [0.25, 0.3) is 0 Å². The largest absolute Gasteiger partial charge is 0.489 e. The number of anilines is 2. The molecule has 2 N–H and O–H groups in total. The summed E-state index contributed by atoms with van der Waals surface area (Å²) in [6, 6.07) is 5.91. The van der Waals surface area contributed by atoms with Crippen LogP contribution < -0.4 is 10.1 Å². The highest BCUT2D eigenvalue weighted by molar-refractivity contribution is 5.93. The van der Waals surface area contributed by atoms with Gasteiger partial charge in [-0.15, -0.1) is 0 Å². The molecule has 3 heterocycles. The van der Waals surface area contributed by atoms with Crippen molar-refractivity contribution in [3.05, 3.63) is 48.3 Å². The molecule has 1 aliphatic heterocycles. The first-order valence-corrected chi connectivity index (χ1v) is 8.12. The summed E-state index contributed by atoms with van der Waals surface area (Å²) < 4.78 is 37.9. The van der Waals surface area contributed by atoms with Crippen LogP contribution >= 0.6 is 0 Å². The third-order valence-corrected chi connectivity index (χ3v) is 4.19. The van der Waals surface area contributed by atoms with Crippen molar-refractivity contribution >= 4 is 22.4 Å². The van der Waals surface area contributed by atoms with Crippen molar-refractivity contribution in [1.29, 1.82) is 0 Å². The van der Waals surface area contributed by atoms with Gasteiger partial charge in [-0.1, -0.05) is 0 Å². The molecule has 3 aromatic rings. The number of aromatic nitrogens is 2. The molecule has 25 heavy (non-hydrogen) atoms. The fourth-order valence-electron chi connectivity index (χ4n) is 2.87. The van der Waals surface area contributed by atoms with Crippen LogP contribution in [0.25, 0.3) is 10.9 Å². The van der Waals surface area contributed by atoms with Gasteiger partial charge in [0.1, 0.15) is 17.7 Å². The molecule has 0 aliphatic carbocycles. The molecule has 5 nitrogen and oxygen atoms in total. The number of hydrogen-bond acceptors (Lipinski definition) is 4. The smallest absolute Gasteiger partial charge is 0.160 e. The molecule has 1 aromatic carbocycles. The Hall–Kier alpha value is -2.67. The topological polar surface area (TPSA) is 59.2 Å². The molecule has 0 saturated carbocycles. The molecule has 0 radical (unpaired) electrons. The second-order valence-electron chi connectivity index (χ2n) is 5.95. The van der Waals surface area contributed by atoms with Gasteiger partial charge in [-0.2, -0.15) is 0 Å². The summed E-state index contributed by atoms with van der Waals surface area (Å²) in [6.45, 7) is 1.44. The van der Waals surface area contributed by atoms with E-state index in [1.54, 1.807) is 18.5 Å². The van der Waals surface area contributed by atoms with E-state index in [9.17, 15) is 8.78 Å². The van der Waals surface area contributed by atoms with Gasteiger partial charge in [-0.25, -0.2) is 13.8 Å². The van der Waals surface area contributed by atoms with Gasteiger partial charge in [0.05, 0.1) is 30.6 Å². The molecule has 0 unspecified atom stereocenters. The van der Waals surface area contributed by atoms with Crippen molar-refractivity contribution in [2.24, 2.45) is 0 Å². The maximum absolute atomic E-state index is 13.5. The van der Waals surface area contributed by atoms with Crippen LogP contribution in [0.3, 0.4) is 0 Å². The number of benzene rings is 1. The number of pyridine rings is 1. The van der Waals surface area contributed by atoms with E-state index in [1.807, 2.05) is 6.07 Å². The predicted octanol–water partition coefficient (Wildman–Crippen LogP) is 4.14. The minimum absolute atomic E-state index is 0.154. The minimum Gasteiger partial charge on any atom is -0.489 e. The standard InChI is InChI=1S/C18H17F2N3O2/c19-14-7-13-16(8-15(14)20)21-10-17(13)23-18-2-1-12(9-22-18)25-11-3-5-24-6-4-11/h1-2,7-11,21H,3-6H2,(H,22,23). The van der Waals surface area contributed by atoms with E-state index in [0.29, 0.717) is 28.2 Å². The highest BCUT2D eigenvalue weighted by atomic mass is 19.2. The number of hydrogen-bond donors (Lipinski definition) is 2. The Labute approximate surface area is 143 Å². The maximum atomic E-state index is 13.5. The maximum Gasteiger partial charge on any atom is 0.160 e. The zero-order chi connectivity index (χ0) is 17.2. The highest BCUT2D eigenvalue weighted by Gasteiger charge is 2.15. The van der Waals surface area contributed by atoms with E-state index in [2.05, 4.69) is 15.3 Å². The van der Waals surface area contributed by atoms with Crippen LogP contribution in [-0.2, 0) is 4.74 Å². The Morgan fingerprint density at radius 1 is 1.16 bits per heavy atom. The lowest BCUT2D eigenvalue weighted by atomic mass is 10.1. The Kier molecular flexibility index (Phi) is 4.23. The molecule has 0 amide bonds. The zero-order valence-corrected chi connectivity index (χ0v) is 13.4. The van der Waals surface area contributed by atoms with E-state index >= 15 is 0 Å². The van der Waals surface area contributed by atoms with Gasteiger partial charge >= 0.3 is 0 Å². The van der Waals surface area contributed by atoms with Crippen molar-refractivity contribution in [1.82, 2.24) is 9.97 Å². The van der Waals surface area contributed by atoms with Crippen molar-refractivity contribution in [2.45, 2.75) is 18.9 Å². The van der Waals surface area contributed by atoms with Gasteiger partial charge in [0.2, 0.25) is 0 Å². The second-order valence-corrected chi connectivity index (χ2v) is 5.95. The molecule has 0 bridgehead atoms. The predicted molar refractivity (Wildman–Crippen MR) is 90.2 cm³/mol. The van der Waals surface area contributed by atoms with E-state index in [1.165, 1.54) is 0 Å². The summed E-state index contributed by atoms with van der Waals surface area (Å²) in [5, 5.41) is 3.66. The molecule has 130 valence electrons. The van der Waals surface area contributed by atoms with Crippen molar-refractivity contribution in [3.63, 3.8) is 0 Å². The normalized spacial score (nSPS) is 15.4. The molecular formula is C18H17F2N3O2. The number of rotatable bonds is 4. The average Bonchev–Trinajstić information content (AvgIpc) is 3.00. The Bertz CT molecular complexity index is 874. The van der Waals surface area contributed by atoms with Crippen molar-refractivity contribution in [3.8, 4) is 5.75 Å². The number of fused-ring (bicyclic) bond motifs is 1. The Balaban J connectivity index is 1.48. The van der Waals surface area contributed by atoms with Crippen LogP contribution in [0.4, 0.5) is 20.3 Å². The average molecular weight is 345 g/mol. The fraction of sp³-hybridized carbons (Fsp3) is 0.278. The molecule has 7 heteroatoms. The van der Waals surface area contributed by atoms with Crippen LogP contribution in [-0.4, -0.2) is 29.3 Å². The first kappa shape index (κ1) is 15.8. The summed E-state index contributed by atoms with van der Waals surface area (Å²) in [6.07, 6.45) is 5.19. The third kappa shape index (κ3) is 3.41. The fourth-order valence-corrected chi connectivity index (χ4v) is 2.87.